The quantitative estimate of drug-likeness (QED) is 0.802. The van der Waals surface area contributed by atoms with E-state index in [9.17, 15) is 8.42 Å². The summed E-state index contributed by atoms with van der Waals surface area (Å²) in [6.45, 7) is 8.27. The Morgan fingerprint density at radius 3 is 2.60 bits per heavy atom. The lowest BCUT2D eigenvalue weighted by molar-refractivity contribution is 0.393. The van der Waals surface area contributed by atoms with Crippen LogP contribution in [0.15, 0.2) is 29.2 Å². The van der Waals surface area contributed by atoms with E-state index in [1.165, 1.54) is 4.31 Å². The summed E-state index contributed by atoms with van der Waals surface area (Å²) in [5, 5.41) is 3.21. The topological polar surface area (TPSA) is 49.4 Å². The molecule has 20 heavy (non-hydrogen) atoms. The maximum Gasteiger partial charge on any atom is 0.242 e. The fourth-order valence-corrected chi connectivity index (χ4v) is 3.29. The normalized spacial score (nSPS) is 13.7. The first-order valence-electron chi connectivity index (χ1n) is 7.17. The summed E-state index contributed by atoms with van der Waals surface area (Å²) in [6.07, 6.45) is 0.973. The van der Waals surface area contributed by atoms with Crippen molar-refractivity contribution in [1.82, 2.24) is 9.62 Å². The molecule has 0 aliphatic heterocycles. The molecule has 0 heterocycles. The highest BCUT2D eigenvalue weighted by atomic mass is 32.2. The van der Waals surface area contributed by atoms with E-state index in [1.807, 2.05) is 13.0 Å². The zero-order valence-corrected chi connectivity index (χ0v) is 13.7. The van der Waals surface area contributed by atoms with Crippen molar-refractivity contribution in [3.63, 3.8) is 0 Å². The molecule has 1 rings (SSSR count). The van der Waals surface area contributed by atoms with Gasteiger partial charge in [-0.15, -0.1) is 0 Å². The molecule has 0 fully saturated rings. The molecule has 0 aliphatic rings. The van der Waals surface area contributed by atoms with E-state index in [1.54, 1.807) is 25.2 Å². The van der Waals surface area contributed by atoms with Crippen molar-refractivity contribution in [2.24, 2.45) is 5.92 Å². The van der Waals surface area contributed by atoms with Crippen LogP contribution < -0.4 is 5.32 Å². The molecule has 0 aromatic heterocycles. The van der Waals surface area contributed by atoms with Crippen molar-refractivity contribution >= 4 is 10.0 Å². The highest BCUT2D eigenvalue weighted by Crippen LogP contribution is 2.17. The molecule has 0 saturated carbocycles. The smallest absolute Gasteiger partial charge is 0.242 e. The van der Waals surface area contributed by atoms with Crippen molar-refractivity contribution in [3.8, 4) is 0 Å². The first kappa shape index (κ1) is 17.1. The van der Waals surface area contributed by atoms with E-state index in [-0.39, 0.29) is 0 Å². The Kier molecular flexibility index (Phi) is 6.65. The van der Waals surface area contributed by atoms with E-state index in [0.717, 1.165) is 18.5 Å². The molecule has 5 heteroatoms. The Bertz CT molecular complexity index is 514. The monoisotopic (exact) mass is 298 g/mol. The van der Waals surface area contributed by atoms with Crippen LogP contribution in [0.2, 0.25) is 0 Å². The van der Waals surface area contributed by atoms with Gasteiger partial charge in [0.05, 0.1) is 4.90 Å². The largest absolute Gasteiger partial charge is 0.313 e. The minimum Gasteiger partial charge on any atom is -0.313 e. The average molecular weight is 298 g/mol. The van der Waals surface area contributed by atoms with E-state index in [4.69, 9.17) is 0 Å². The number of nitrogens with one attached hydrogen (secondary N) is 1. The number of benzene rings is 1. The third kappa shape index (κ3) is 4.58. The van der Waals surface area contributed by atoms with Gasteiger partial charge in [0, 0.05) is 20.1 Å². The Balaban J connectivity index is 2.91. The molecule has 0 bridgehead atoms. The van der Waals surface area contributed by atoms with E-state index >= 15 is 0 Å². The summed E-state index contributed by atoms with van der Waals surface area (Å²) in [5.74, 6) is 0.361. The molecule has 0 aliphatic carbocycles. The Morgan fingerprint density at radius 1 is 1.30 bits per heavy atom. The van der Waals surface area contributed by atoms with E-state index in [2.05, 4.69) is 19.2 Å². The molecule has 4 nitrogen and oxygen atoms in total. The molecular formula is C15H26N2O2S. The Labute approximate surface area is 123 Å². The third-order valence-corrected chi connectivity index (χ3v) is 5.27. The Morgan fingerprint density at radius 2 is 2.00 bits per heavy atom. The molecule has 0 radical (unpaired) electrons. The van der Waals surface area contributed by atoms with Gasteiger partial charge >= 0.3 is 0 Å². The van der Waals surface area contributed by atoms with Crippen LogP contribution in [0.3, 0.4) is 0 Å². The van der Waals surface area contributed by atoms with Crippen molar-refractivity contribution in [3.05, 3.63) is 29.8 Å². The summed E-state index contributed by atoms with van der Waals surface area (Å²) >= 11 is 0. The van der Waals surface area contributed by atoms with Crippen LogP contribution in [0, 0.1) is 5.92 Å². The molecule has 1 unspecified atom stereocenters. The number of sulfonamides is 1. The van der Waals surface area contributed by atoms with Gasteiger partial charge in [-0.2, -0.15) is 0 Å². The van der Waals surface area contributed by atoms with Gasteiger partial charge in [0.15, 0.2) is 0 Å². The van der Waals surface area contributed by atoms with Gasteiger partial charge in [-0.1, -0.05) is 39.3 Å². The summed E-state index contributed by atoms with van der Waals surface area (Å²) in [6, 6.07) is 7.16. The third-order valence-electron chi connectivity index (χ3n) is 3.45. The van der Waals surface area contributed by atoms with Crippen LogP contribution in [0.1, 0.15) is 32.8 Å². The highest BCUT2D eigenvalue weighted by Gasteiger charge is 2.22. The first-order valence-corrected chi connectivity index (χ1v) is 8.61. The number of hydrogen-bond donors (Lipinski definition) is 1. The van der Waals surface area contributed by atoms with Crippen LogP contribution in [-0.4, -0.2) is 32.9 Å². The zero-order valence-electron chi connectivity index (χ0n) is 12.9. The second kappa shape index (κ2) is 7.76. The predicted molar refractivity (Wildman–Crippen MR) is 83.1 cm³/mol. The lowest BCUT2D eigenvalue weighted by Crippen LogP contribution is -2.31. The fraction of sp³-hybridized carbons (Fsp3) is 0.600. The van der Waals surface area contributed by atoms with Gasteiger partial charge in [-0.3, -0.25) is 0 Å². The number of hydrogen-bond acceptors (Lipinski definition) is 3. The standard InChI is InChI=1S/C15H26N2O2S/c1-5-13(3)12-17(4)20(18,19)15-9-7-8-14(10-15)11-16-6-2/h7-10,13,16H,5-6,11-12H2,1-4H3. The molecule has 114 valence electrons. The second-order valence-electron chi connectivity index (χ2n) is 5.23. The molecule has 1 aromatic carbocycles. The summed E-state index contributed by atoms with van der Waals surface area (Å²) in [5.41, 5.74) is 0.991. The second-order valence-corrected chi connectivity index (χ2v) is 7.27. The maximum absolute atomic E-state index is 12.5. The molecule has 1 N–H and O–H groups in total. The summed E-state index contributed by atoms with van der Waals surface area (Å²) in [4.78, 5) is 0.374. The average Bonchev–Trinajstić information content (AvgIpc) is 2.45. The lowest BCUT2D eigenvalue weighted by atomic mass is 10.1. The molecular weight excluding hydrogens is 272 g/mol. The predicted octanol–water partition coefficient (Wildman–Crippen LogP) is 2.46. The summed E-state index contributed by atoms with van der Waals surface area (Å²) in [7, 11) is -1.73. The van der Waals surface area contributed by atoms with Crippen LogP contribution in [0.25, 0.3) is 0 Å². The fourth-order valence-electron chi connectivity index (χ4n) is 1.93. The van der Waals surface area contributed by atoms with Gasteiger partial charge < -0.3 is 5.32 Å². The van der Waals surface area contributed by atoms with Gasteiger partial charge in [0.1, 0.15) is 0 Å². The van der Waals surface area contributed by atoms with Crippen LogP contribution in [0.4, 0.5) is 0 Å². The van der Waals surface area contributed by atoms with Crippen molar-refractivity contribution in [2.45, 2.75) is 38.6 Å². The maximum atomic E-state index is 12.5. The molecule has 1 atom stereocenters. The zero-order chi connectivity index (χ0) is 15.2. The highest BCUT2D eigenvalue weighted by molar-refractivity contribution is 7.89. The number of nitrogens with zero attached hydrogens (tertiary/aromatic N) is 1. The summed E-state index contributed by atoms with van der Waals surface area (Å²) < 4.78 is 26.5. The molecule has 0 spiro atoms. The molecule has 0 amide bonds. The minimum atomic E-state index is -3.39. The van der Waals surface area contributed by atoms with Gasteiger partial charge in [0.2, 0.25) is 10.0 Å². The van der Waals surface area contributed by atoms with Crippen molar-refractivity contribution < 1.29 is 8.42 Å². The van der Waals surface area contributed by atoms with E-state index in [0.29, 0.717) is 23.9 Å². The molecule has 0 saturated heterocycles. The van der Waals surface area contributed by atoms with Gasteiger partial charge in [-0.25, -0.2) is 12.7 Å². The van der Waals surface area contributed by atoms with Crippen LogP contribution >= 0.6 is 0 Å². The minimum absolute atomic E-state index is 0.361. The van der Waals surface area contributed by atoms with E-state index < -0.39 is 10.0 Å². The van der Waals surface area contributed by atoms with Crippen molar-refractivity contribution in [1.29, 1.82) is 0 Å². The molecule has 1 aromatic rings. The lowest BCUT2D eigenvalue weighted by Gasteiger charge is -2.20. The number of rotatable bonds is 8. The van der Waals surface area contributed by atoms with Gasteiger partial charge in [0.25, 0.3) is 0 Å². The van der Waals surface area contributed by atoms with Crippen molar-refractivity contribution in [2.75, 3.05) is 20.1 Å². The van der Waals surface area contributed by atoms with Crippen LogP contribution in [-0.2, 0) is 16.6 Å². The SMILES string of the molecule is CCNCc1cccc(S(=O)(=O)N(C)CC(C)CC)c1. The first-order chi connectivity index (χ1) is 9.41. The van der Waals surface area contributed by atoms with Crippen LogP contribution in [0.5, 0.6) is 0 Å². The van der Waals surface area contributed by atoms with Gasteiger partial charge in [-0.05, 0) is 30.2 Å². The Hall–Kier alpha value is -0.910.